The number of amides is 1. The lowest BCUT2D eigenvalue weighted by molar-refractivity contribution is -0.303. The van der Waals surface area contributed by atoms with Crippen LogP contribution in [0.3, 0.4) is 0 Å². The van der Waals surface area contributed by atoms with Crippen LogP contribution >= 0.6 is 0 Å². The van der Waals surface area contributed by atoms with Crippen molar-refractivity contribution in [3.8, 4) is 17.2 Å². The molecule has 2 aromatic carbocycles. The molecule has 0 fully saturated rings. The second-order valence-electron chi connectivity index (χ2n) is 8.57. The summed E-state index contributed by atoms with van der Waals surface area (Å²) in [6, 6.07) is 6.88. The topological polar surface area (TPSA) is 130 Å². The third kappa shape index (κ3) is 6.57. The summed E-state index contributed by atoms with van der Waals surface area (Å²) in [5.74, 6) is -6.77. The molecule has 0 aliphatic carbocycles. The molecule has 2 atom stereocenters. The van der Waals surface area contributed by atoms with Crippen LogP contribution in [0.1, 0.15) is 31.9 Å². The van der Waals surface area contributed by atoms with Crippen molar-refractivity contribution < 1.29 is 35.2 Å². The first-order chi connectivity index (χ1) is 16.5. The van der Waals surface area contributed by atoms with E-state index in [1.54, 1.807) is 13.8 Å². The standard InChI is InChI=1S/C23H25F5N4O3S/c1-14(2)13-19(30)21(33)32(12-11-29)20(22(24,25)23(26,27)28)17-5-3-15(4-6-17)16-7-9-18(10-8-16)36(31,34)35/h3-10,14,19-20H,12-13,30H2,1-2H3,(H2,31,34,35)/t19-,20-/m0/s1. The highest BCUT2D eigenvalue weighted by Crippen LogP contribution is 2.47. The van der Waals surface area contributed by atoms with E-state index < -0.39 is 52.2 Å². The van der Waals surface area contributed by atoms with Crippen molar-refractivity contribution in [1.29, 1.82) is 5.26 Å². The fraction of sp³-hybridized carbons (Fsp3) is 0.391. The van der Waals surface area contributed by atoms with Gasteiger partial charge in [0, 0.05) is 0 Å². The van der Waals surface area contributed by atoms with Gasteiger partial charge in [0.1, 0.15) is 12.6 Å². The van der Waals surface area contributed by atoms with Gasteiger partial charge in [-0.05, 0) is 41.2 Å². The van der Waals surface area contributed by atoms with E-state index in [1.807, 2.05) is 0 Å². The Morgan fingerprint density at radius 3 is 1.86 bits per heavy atom. The van der Waals surface area contributed by atoms with Gasteiger partial charge in [-0.3, -0.25) is 4.79 Å². The number of nitriles is 1. The second kappa shape index (κ2) is 10.9. The number of hydrogen-bond donors (Lipinski definition) is 2. The lowest BCUT2D eigenvalue weighted by Gasteiger charge is -2.38. The molecule has 0 saturated heterocycles. The summed E-state index contributed by atoms with van der Waals surface area (Å²) in [7, 11) is -3.95. The lowest BCUT2D eigenvalue weighted by Crippen LogP contribution is -2.55. The maximum absolute atomic E-state index is 14.8. The maximum Gasteiger partial charge on any atom is 0.455 e. The Kier molecular flexibility index (Phi) is 8.82. The summed E-state index contributed by atoms with van der Waals surface area (Å²) < 4.78 is 92.8. The molecule has 0 bridgehead atoms. The quantitative estimate of drug-likeness (QED) is 0.373. The van der Waals surface area contributed by atoms with Crippen LogP contribution in [-0.2, 0) is 14.8 Å². The van der Waals surface area contributed by atoms with Crippen molar-refractivity contribution in [3.05, 3.63) is 54.1 Å². The molecule has 13 heteroatoms. The molecule has 7 nitrogen and oxygen atoms in total. The molecule has 0 aliphatic rings. The average molecular weight is 533 g/mol. The number of alkyl halides is 5. The van der Waals surface area contributed by atoms with E-state index in [-0.39, 0.29) is 22.1 Å². The molecular weight excluding hydrogens is 507 g/mol. The largest absolute Gasteiger partial charge is 0.455 e. The Bertz CT molecular complexity index is 1210. The van der Waals surface area contributed by atoms with Crippen LogP contribution in [0.15, 0.2) is 53.4 Å². The molecule has 196 valence electrons. The van der Waals surface area contributed by atoms with Gasteiger partial charge in [-0.25, -0.2) is 13.6 Å². The van der Waals surface area contributed by atoms with Gasteiger partial charge >= 0.3 is 12.1 Å². The van der Waals surface area contributed by atoms with Crippen molar-refractivity contribution in [2.24, 2.45) is 16.8 Å². The Balaban J connectivity index is 2.56. The summed E-state index contributed by atoms with van der Waals surface area (Å²) in [4.78, 5) is 12.8. The molecule has 0 aromatic heterocycles. The van der Waals surface area contributed by atoms with Crippen molar-refractivity contribution in [2.75, 3.05) is 6.54 Å². The number of primary sulfonamides is 1. The number of carbonyl (C=O) groups is 1. The molecular formula is C23H25F5N4O3S. The SMILES string of the molecule is CC(C)C[C@H](N)C(=O)N(CC#N)[C@@H](c1ccc(-c2ccc(S(N)(=O)=O)cc2)cc1)C(F)(F)C(F)(F)F. The molecule has 0 heterocycles. The highest BCUT2D eigenvalue weighted by atomic mass is 32.2. The number of nitrogens with zero attached hydrogens (tertiary/aromatic N) is 2. The van der Waals surface area contributed by atoms with Crippen LogP contribution < -0.4 is 10.9 Å². The van der Waals surface area contributed by atoms with Gasteiger partial charge in [-0.2, -0.15) is 27.2 Å². The number of hydrogen-bond acceptors (Lipinski definition) is 5. The second-order valence-corrected chi connectivity index (χ2v) is 10.1. The molecule has 1 amide bonds. The van der Waals surface area contributed by atoms with Gasteiger partial charge in [0.2, 0.25) is 15.9 Å². The van der Waals surface area contributed by atoms with Crippen LogP contribution in [0.25, 0.3) is 11.1 Å². The Morgan fingerprint density at radius 2 is 1.47 bits per heavy atom. The zero-order valence-corrected chi connectivity index (χ0v) is 20.2. The summed E-state index contributed by atoms with van der Waals surface area (Å²) in [5.41, 5.74) is 6.01. The van der Waals surface area contributed by atoms with E-state index in [0.717, 1.165) is 12.1 Å². The van der Waals surface area contributed by atoms with Crippen LogP contribution in [0.4, 0.5) is 22.0 Å². The van der Waals surface area contributed by atoms with Crippen molar-refractivity contribution in [3.63, 3.8) is 0 Å². The number of rotatable bonds is 9. The van der Waals surface area contributed by atoms with Gasteiger partial charge in [-0.15, -0.1) is 0 Å². The van der Waals surface area contributed by atoms with Gasteiger partial charge in [0.15, 0.2) is 0 Å². The minimum Gasteiger partial charge on any atom is -0.320 e. The van der Waals surface area contributed by atoms with Crippen molar-refractivity contribution >= 4 is 15.9 Å². The van der Waals surface area contributed by atoms with E-state index in [4.69, 9.17) is 16.1 Å². The minimum absolute atomic E-state index is 0.0124. The lowest BCUT2D eigenvalue weighted by atomic mass is 9.94. The van der Waals surface area contributed by atoms with Gasteiger partial charge in [-0.1, -0.05) is 50.2 Å². The van der Waals surface area contributed by atoms with Crippen LogP contribution in [0.5, 0.6) is 0 Å². The van der Waals surface area contributed by atoms with E-state index >= 15 is 0 Å². The molecule has 0 saturated carbocycles. The minimum atomic E-state index is -6.03. The average Bonchev–Trinajstić information content (AvgIpc) is 2.77. The number of sulfonamides is 1. The van der Waals surface area contributed by atoms with E-state index in [1.165, 1.54) is 42.5 Å². The first kappa shape index (κ1) is 29.2. The van der Waals surface area contributed by atoms with E-state index in [2.05, 4.69) is 0 Å². The van der Waals surface area contributed by atoms with Crippen LogP contribution in [0.2, 0.25) is 0 Å². The Morgan fingerprint density at radius 1 is 1.00 bits per heavy atom. The monoisotopic (exact) mass is 532 g/mol. The van der Waals surface area contributed by atoms with Crippen molar-refractivity contribution in [1.82, 2.24) is 4.90 Å². The summed E-state index contributed by atoms with van der Waals surface area (Å²) in [6.07, 6.45) is -6.02. The molecule has 0 radical (unpaired) electrons. The van der Waals surface area contributed by atoms with E-state index in [0.29, 0.717) is 11.1 Å². The number of halogens is 5. The smallest absolute Gasteiger partial charge is 0.320 e. The predicted octanol–water partition coefficient (Wildman–Crippen LogP) is 3.97. The first-order valence-corrected chi connectivity index (χ1v) is 12.2. The molecule has 36 heavy (non-hydrogen) atoms. The molecule has 4 N–H and O–H groups in total. The van der Waals surface area contributed by atoms with E-state index in [9.17, 15) is 35.2 Å². The van der Waals surface area contributed by atoms with Crippen LogP contribution in [-0.4, -0.2) is 43.9 Å². The fourth-order valence-electron chi connectivity index (χ4n) is 3.63. The Hall–Kier alpha value is -3.08. The highest BCUT2D eigenvalue weighted by molar-refractivity contribution is 7.89. The Labute approximate surface area is 205 Å². The third-order valence-corrected chi connectivity index (χ3v) is 6.27. The number of benzene rings is 2. The summed E-state index contributed by atoms with van der Waals surface area (Å²) in [5, 5.41) is 14.2. The predicted molar refractivity (Wildman–Crippen MR) is 122 cm³/mol. The molecule has 0 aliphatic heterocycles. The van der Waals surface area contributed by atoms with Crippen molar-refractivity contribution in [2.45, 2.75) is 49.3 Å². The molecule has 2 rings (SSSR count). The maximum atomic E-state index is 14.8. The number of carbonyl (C=O) groups excluding carboxylic acids is 1. The van der Waals surface area contributed by atoms with Gasteiger partial charge < -0.3 is 10.6 Å². The molecule has 0 unspecified atom stereocenters. The zero-order chi connectivity index (χ0) is 27.5. The fourth-order valence-corrected chi connectivity index (χ4v) is 4.14. The number of nitrogens with two attached hydrogens (primary N) is 2. The third-order valence-electron chi connectivity index (χ3n) is 5.34. The normalized spacial score (nSPS) is 14.2. The zero-order valence-electron chi connectivity index (χ0n) is 19.3. The summed E-state index contributed by atoms with van der Waals surface area (Å²) >= 11 is 0. The molecule has 2 aromatic rings. The summed E-state index contributed by atoms with van der Waals surface area (Å²) in [6.45, 7) is 2.34. The molecule has 0 spiro atoms. The highest BCUT2D eigenvalue weighted by Gasteiger charge is 2.65. The van der Waals surface area contributed by atoms with Crippen LogP contribution in [0, 0.1) is 17.2 Å². The van der Waals surface area contributed by atoms with Gasteiger partial charge in [0.05, 0.1) is 17.0 Å². The first-order valence-electron chi connectivity index (χ1n) is 10.6. The van der Waals surface area contributed by atoms with Gasteiger partial charge in [0.25, 0.3) is 0 Å².